The summed E-state index contributed by atoms with van der Waals surface area (Å²) in [5, 5.41) is 4.93. The number of ether oxygens (including phenoxy) is 3. The van der Waals surface area contributed by atoms with Crippen molar-refractivity contribution in [1.82, 2.24) is 9.78 Å². The minimum absolute atomic E-state index is 0.0559. The molecule has 3 heterocycles. The van der Waals surface area contributed by atoms with Crippen molar-refractivity contribution in [1.29, 1.82) is 0 Å². The number of hydrogen-bond acceptors (Lipinski definition) is 8. The molecule has 12 heteroatoms. The van der Waals surface area contributed by atoms with Crippen molar-refractivity contribution >= 4 is 38.7 Å². The summed E-state index contributed by atoms with van der Waals surface area (Å²) in [6.07, 6.45) is 11.5. The van der Waals surface area contributed by atoms with Crippen LogP contribution in [0.15, 0.2) is 59.1 Å². The van der Waals surface area contributed by atoms with Crippen LogP contribution >= 0.6 is 11.6 Å². The first-order valence-corrected chi connectivity index (χ1v) is 20.1. The van der Waals surface area contributed by atoms with E-state index < -0.39 is 27.2 Å². The Balaban J connectivity index is 1.31. The molecular formula is C39H47ClN4O6S. The highest BCUT2D eigenvalue weighted by molar-refractivity contribution is 7.94. The summed E-state index contributed by atoms with van der Waals surface area (Å²) >= 11 is 6.46. The first-order chi connectivity index (χ1) is 24.5. The quantitative estimate of drug-likeness (QED) is 0.211. The molecule has 1 fully saturated rings. The van der Waals surface area contributed by atoms with Crippen LogP contribution in [0.5, 0.6) is 11.6 Å². The van der Waals surface area contributed by atoms with E-state index in [0.29, 0.717) is 36.2 Å². The molecule has 0 N–H and O–H groups in total. The van der Waals surface area contributed by atoms with Crippen LogP contribution in [0.3, 0.4) is 0 Å². The summed E-state index contributed by atoms with van der Waals surface area (Å²) in [6, 6.07) is 11.6. The lowest BCUT2D eigenvalue weighted by Crippen LogP contribution is -2.49. The van der Waals surface area contributed by atoms with E-state index in [-0.39, 0.29) is 34.6 Å². The molecule has 6 atom stereocenters. The molecule has 272 valence electrons. The molecule has 1 spiro atoms. The summed E-state index contributed by atoms with van der Waals surface area (Å²) < 4.78 is 38.6. The van der Waals surface area contributed by atoms with Gasteiger partial charge in [-0.3, -0.25) is 14.3 Å². The van der Waals surface area contributed by atoms with Gasteiger partial charge in [0.15, 0.2) is 5.78 Å². The van der Waals surface area contributed by atoms with E-state index in [9.17, 15) is 13.8 Å². The largest absolute Gasteiger partial charge is 0.490 e. The van der Waals surface area contributed by atoms with Crippen molar-refractivity contribution < 1.29 is 28.0 Å². The molecule has 7 rings (SSSR count). The van der Waals surface area contributed by atoms with Crippen molar-refractivity contribution in [2.24, 2.45) is 29.2 Å². The standard InChI is InChI=1S/C39H47ClN4O6S/c1-25-7-5-9-35(48-3)30-13-10-28(30)19-44-23-39(16-6-8-26-17-29(40)12-14-32(26)39)24-50-36-15-11-27(18-33(36)44)37(46)42-51(47,21-25)22-34(45)31-20-43(2)41-38(31)49-4/h5,9,11-12,14-15,17-18,20,25,28,30,35H,6-8,10,13,16,19,21-24H2,1-4H3/b9-5+/t25-,28-,30+,35-,39-,51+/m0/s1. The van der Waals surface area contributed by atoms with Gasteiger partial charge in [0.2, 0.25) is 5.88 Å². The minimum Gasteiger partial charge on any atom is -0.490 e. The molecule has 1 aromatic heterocycles. The van der Waals surface area contributed by atoms with Gasteiger partial charge in [-0.1, -0.05) is 36.7 Å². The molecule has 0 unspecified atom stereocenters. The van der Waals surface area contributed by atoms with E-state index in [4.69, 9.17) is 25.8 Å². The number of aromatic nitrogens is 2. The second-order valence-electron chi connectivity index (χ2n) is 14.9. The summed E-state index contributed by atoms with van der Waals surface area (Å²) in [7, 11) is 1.54. The third-order valence-electron chi connectivity index (χ3n) is 11.2. The topological polar surface area (TPSA) is 112 Å². The maximum Gasteiger partial charge on any atom is 0.285 e. The fourth-order valence-electron chi connectivity index (χ4n) is 8.56. The minimum atomic E-state index is -3.34. The van der Waals surface area contributed by atoms with Gasteiger partial charge in [0.25, 0.3) is 5.91 Å². The van der Waals surface area contributed by atoms with Gasteiger partial charge in [0.1, 0.15) is 11.3 Å². The highest BCUT2D eigenvalue weighted by atomic mass is 35.5. The van der Waals surface area contributed by atoms with Crippen LogP contribution in [-0.2, 0) is 33.3 Å². The van der Waals surface area contributed by atoms with E-state index >= 15 is 0 Å². The molecule has 10 nitrogen and oxygen atoms in total. The SMILES string of the molecule is COc1nn(C)cc1C(=O)C[S@@]1(=O)=NC(=O)c2ccc3c(c2)N(C[C@@H]2CC[C@H]2[C@@H](OC)/C=C/C[C@H](C)C1)C[C@@]1(CCCc2cc(Cl)ccc21)CO3. The highest BCUT2D eigenvalue weighted by Crippen LogP contribution is 2.47. The molecule has 0 radical (unpaired) electrons. The monoisotopic (exact) mass is 734 g/mol. The van der Waals surface area contributed by atoms with Gasteiger partial charge in [-0.2, -0.15) is 4.36 Å². The van der Waals surface area contributed by atoms with Gasteiger partial charge in [0, 0.05) is 55.2 Å². The zero-order chi connectivity index (χ0) is 35.9. The maximum absolute atomic E-state index is 14.7. The number of nitrogens with zero attached hydrogens (tertiary/aromatic N) is 4. The Bertz CT molecular complexity index is 1990. The Morgan fingerprint density at radius 3 is 2.78 bits per heavy atom. The average Bonchev–Trinajstić information content (AvgIpc) is 3.40. The molecule has 1 amide bonds. The third-order valence-corrected chi connectivity index (χ3v) is 13.8. The molecule has 1 saturated carbocycles. The number of halogens is 1. The molecule has 3 aromatic rings. The fourth-order valence-corrected chi connectivity index (χ4v) is 11.0. The molecule has 0 saturated heterocycles. The second-order valence-corrected chi connectivity index (χ2v) is 17.7. The number of allylic oxidation sites excluding steroid dienone is 1. The number of carbonyl (C=O) groups is 2. The van der Waals surface area contributed by atoms with E-state index in [0.717, 1.165) is 55.9 Å². The molecule has 2 aliphatic carbocycles. The predicted molar refractivity (Wildman–Crippen MR) is 199 cm³/mol. The zero-order valence-corrected chi connectivity index (χ0v) is 31.4. The van der Waals surface area contributed by atoms with E-state index in [1.165, 1.54) is 22.9 Å². The number of rotatable bonds is 5. The number of carbonyl (C=O) groups excluding carboxylic acids is 2. The first kappa shape index (κ1) is 35.7. The summed E-state index contributed by atoms with van der Waals surface area (Å²) in [6.45, 7) is 3.98. The van der Waals surface area contributed by atoms with Crippen molar-refractivity contribution in [2.75, 3.05) is 50.3 Å². The molecule has 51 heavy (non-hydrogen) atoms. The number of hydrogen-bond donors (Lipinski definition) is 0. The lowest BCUT2D eigenvalue weighted by atomic mass is 9.68. The van der Waals surface area contributed by atoms with E-state index in [2.05, 4.69) is 38.6 Å². The molecule has 2 aromatic carbocycles. The normalized spacial score (nSPS) is 29.8. The number of anilines is 1. The van der Waals surface area contributed by atoms with Crippen molar-refractivity contribution in [2.45, 2.75) is 57.0 Å². The number of fused-ring (bicyclic) bond motifs is 4. The molecule has 2 bridgehead atoms. The number of ketones is 1. The first-order valence-electron chi connectivity index (χ1n) is 17.9. The fraction of sp³-hybridized carbons (Fsp3) is 0.513. The number of Topliss-reactive ketones (excluding diaryl/α,β-unsaturated/α-hetero) is 1. The zero-order valence-electron chi connectivity index (χ0n) is 29.8. The summed E-state index contributed by atoms with van der Waals surface area (Å²) in [4.78, 5) is 30.0. The maximum atomic E-state index is 14.7. The number of methoxy groups -OCH3 is 2. The Morgan fingerprint density at radius 2 is 2.02 bits per heavy atom. The lowest BCUT2D eigenvalue weighted by Gasteiger charge is -2.46. The van der Waals surface area contributed by atoms with Crippen LogP contribution in [-0.4, -0.2) is 77.2 Å². The Labute approximate surface area is 305 Å². The van der Waals surface area contributed by atoms with E-state index in [1.54, 1.807) is 26.4 Å². The summed E-state index contributed by atoms with van der Waals surface area (Å²) in [5.41, 5.74) is 3.63. The van der Waals surface area contributed by atoms with Gasteiger partial charge in [-0.05, 0) is 97.7 Å². The second kappa shape index (κ2) is 14.4. The van der Waals surface area contributed by atoms with Gasteiger partial charge in [-0.15, -0.1) is 5.10 Å². The van der Waals surface area contributed by atoms with Gasteiger partial charge in [-0.25, -0.2) is 4.21 Å². The van der Waals surface area contributed by atoms with Crippen LogP contribution in [0.4, 0.5) is 5.69 Å². The summed E-state index contributed by atoms with van der Waals surface area (Å²) in [5.74, 6) is 0.0729. The van der Waals surface area contributed by atoms with Gasteiger partial charge >= 0.3 is 0 Å². The number of amides is 1. The Morgan fingerprint density at radius 1 is 1.18 bits per heavy atom. The number of aryl methyl sites for hydroxylation is 2. The van der Waals surface area contributed by atoms with E-state index in [1.807, 2.05) is 25.1 Å². The van der Waals surface area contributed by atoms with Crippen LogP contribution in [0.1, 0.15) is 70.9 Å². The van der Waals surface area contributed by atoms with Crippen LogP contribution < -0.4 is 14.4 Å². The molecular weight excluding hydrogens is 688 g/mol. The van der Waals surface area contributed by atoms with Crippen LogP contribution in [0, 0.1) is 17.8 Å². The smallest absolute Gasteiger partial charge is 0.285 e. The van der Waals surface area contributed by atoms with Crippen molar-refractivity contribution in [3.63, 3.8) is 0 Å². The molecule has 2 aliphatic heterocycles. The van der Waals surface area contributed by atoms with Crippen LogP contribution in [0.25, 0.3) is 0 Å². The van der Waals surface area contributed by atoms with Crippen molar-refractivity contribution in [3.05, 3.63) is 82.0 Å². The van der Waals surface area contributed by atoms with Crippen LogP contribution in [0.2, 0.25) is 5.02 Å². The van der Waals surface area contributed by atoms with Gasteiger partial charge in [0.05, 0.1) is 41.0 Å². The lowest BCUT2D eigenvalue weighted by molar-refractivity contribution is 0.0131. The predicted octanol–water partition coefficient (Wildman–Crippen LogP) is 6.68. The Kier molecular flexibility index (Phi) is 10.1. The Hall–Kier alpha value is -3.67. The number of benzene rings is 2. The van der Waals surface area contributed by atoms with Crippen molar-refractivity contribution in [3.8, 4) is 11.6 Å². The average molecular weight is 735 g/mol. The highest BCUT2D eigenvalue weighted by Gasteiger charge is 2.44. The van der Waals surface area contributed by atoms with Gasteiger partial charge < -0.3 is 19.1 Å². The third kappa shape index (κ3) is 7.22. The molecule has 4 aliphatic rings.